The largest absolute Gasteiger partial charge is 0.495 e. The summed E-state index contributed by atoms with van der Waals surface area (Å²) >= 11 is 0. The number of H-pyrrole nitrogens is 1. The average molecular weight is 446 g/mol. The number of fused-ring (bicyclic) bond motifs is 2. The molecule has 2 N–H and O–H groups in total. The van der Waals surface area contributed by atoms with Gasteiger partial charge in [-0.15, -0.1) is 0 Å². The van der Waals surface area contributed by atoms with E-state index >= 15 is 0 Å². The molecule has 0 radical (unpaired) electrons. The summed E-state index contributed by atoms with van der Waals surface area (Å²) in [6.45, 7) is 0. The van der Waals surface area contributed by atoms with Gasteiger partial charge in [-0.05, 0) is 40.8 Å². The van der Waals surface area contributed by atoms with Gasteiger partial charge in [0.15, 0.2) is 5.65 Å². The van der Waals surface area contributed by atoms with Crippen molar-refractivity contribution in [1.29, 1.82) is 0 Å². The van der Waals surface area contributed by atoms with Gasteiger partial charge in [0, 0.05) is 5.92 Å². The second-order valence-electron chi connectivity index (χ2n) is 8.33. The summed E-state index contributed by atoms with van der Waals surface area (Å²) in [5.41, 5.74) is 7.28. The third-order valence-corrected chi connectivity index (χ3v) is 6.31. The lowest BCUT2D eigenvalue weighted by Gasteiger charge is -2.19. The fourth-order valence-electron chi connectivity index (χ4n) is 4.59. The maximum Gasteiger partial charge on any atom is 0.186 e. The van der Waals surface area contributed by atoms with Gasteiger partial charge in [-0.3, -0.25) is 5.10 Å². The van der Waals surface area contributed by atoms with Crippen molar-refractivity contribution >= 4 is 28.6 Å². The summed E-state index contributed by atoms with van der Waals surface area (Å²) < 4.78 is 5.65. The molecular weight excluding hydrogens is 422 g/mol. The second-order valence-corrected chi connectivity index (χ2v) is 8.33. The van der Waals surface area contributed by atoms with Gasteiger partial charge in [0.1, 0.15) is 17.9 Å². The first kappa shape index (κ1) is 20.2. The Balaban J connectivity index is 1.41. The van der Waals surface area contributed by atoms with Gasteiger partial charge in [0.05, 0.1) is 23.9 Å². The molecule has 2 aromatic heterocycles. The molecule has 1 atom stereocenters. The number of hydrogen-bond acceptors (Lipinski definition) is 5. The number of aromatic nitrogens is 4. The molecule has 0 saturated carbocycles. The third-order valence-electron chi connectivity index (χ3n) is 6.31. The zero-order valence-corrected chi connectivity index (χ0v) is 18.7. The van der Waals surface area contributed by atoms with Crippen LogP contribution in [0, 0.1) is 0 Å². The van der Waals surface area contributed by atoms with E-state index in [0.29, 0.717) is 11.5 Å². The van der Waals surface area contributed by atoms with Crippen LogP contribution in [0.25, 0.3) is 28.2 Å². The maximum atomic E-state index is 5.65. The first-order valence-electron chi connectivity index (χ1n) is 11.3. The highest BCUT2D eigenvalue weighted by atomic mass is 16.5. The van der Waals surface area contributed by atoms with E-state index in [1.807, 2.05) is 24.3 Å². The Labute approximate surface area is 197 Å². The van der Waals surface area contributed by atoms with Crippen molar-refractivity contribution in [2.24, 2.45) is 0 Å². The van der Waals surface area contributed by atoms with Crippen LogP contribution in [-0.2, 0) is 6.42 Å². The predicted octanol–water partition coefficient (Wildman–Crippen LogP) is 6.13. The number of nitrogens with one attached hydrogen (secondary N) is 2. The number of methoxy groups -OCH3 is 1. The summed E-state index contributed by atoms with van der Waals surface area (Å²) in [5.74, 6) is 1.59. The van der Waals surface area contributed by atoms with Crippen LogP contribution in [0.4, 0.5) is 11.5 Å². The zero-order valence-electron chi connectivity index (χ0n) is 18.7. The molecule has 0 bridgehead atoms. The van der Waals surface area contributed by atoms with Crippen LogP contribution < -0.4 is 10.1 Å². The second kappa shape index (κ2) is 8.48. The number of anilines is 2. The molecule has 6 nitrogen and oxygen atoms in total. The molecule has 6 rings (SSSR count). The van der Waals surface area contributed by atoms with Crippen LogP contribution >= 0.6 is 0 Å². The number of allylic oxidation sites excluding steroid dienone is 1. The van der Waals surface area contributed by atoms with Crippen LogP contribution in [0.5, 0.6) is 5.75 Å². The molecule has 34 heavy (non-hydrogen) atoms. The minimum absolute atomic E-state index is 0.156. The minimum Gasteiger partial charge on any atom is -0.495 e. The Morgan fingerprint density at radius 1 is 0.941 bits per heavy atom. The highest BCUT2D eigenvalue weighted by molar-refractivity contribution is 5.92. The normalized spacial score (nSPS) is 14.7. The molecule has 0 spiro atoms. The molecule has 0 amide bonds. The van der Waals surface area contributed by atoms with Crippen molar-refractivity contribution in [3.63, 3.8) is 0 Å². The minimum atomic E-state index is 0.156. The van der Waals surface area contributed by atoms with Gasteiger partial charge in [-0.2, -0.15) is 5.10 Å². The van der Waals surface area contributed by atoms with Crippen molar-refractivity contribution in [2.75, 3.05) is 12.4 Å². The van der Waals surface area contributed by atoms with Crippen LogP contribution in [0.1, 0.15) is 22.7 Å². The lowest BCUT2D eigenvalue weighted by Crippen LogP contribution is -2.07. The fraction of sp³-hybridized carbons (Fsp3) is 0.107. The first-order valence-corrected chi connectivity index (χ1v) is 11.3. The van der Waals surface area contributed by atoms with E-state index in [-0.39, 0.29) is 5.92 Å². The van der Waals surface area contributed by atoms with Gasteiger partial charge in [0.25, 0.3) is 0 Å². The smallest absolute Gasteiger partial charge is 0.186 e. The summed E-state index contributed by atoms with van der Waals surface area (Å²) in [4.78, 5) is 8.99. The molecule has 0 saturated heterocycles. The van der Waals surface area contributed by atoms with E-state index in [1.165, 1.54) is 17.5 Å². The van der Waals surface area contributed by atoms with Crippen molar-refractivity contribution in [3.8, 4) is 16.9 Å². The molecule has 3 aromatic carbocycles. The lowest BCUT2D eigenvalue weighted by atomic mass is 9.87. The molecule has 1 aliphatic rings. The van der Waals surface area contributed by atoms with Crippen molar-refractivity contribution in [3.05, 3.63) is 102 Å². The third kappa shape index (κ3) is 3.59. The van der Waals surface area contributed by atoms with E-state index in [2.05, 4.69) is 86.2 Å². The molecule has 5 aromatic rings. The van der Waals surface area contributed by atoms with Gasteiger partial charge in [-0.25, -0.2) is 9.97 Å². The van der Waals surface area contributed by atoms with Crippen molar-refractivity contribution in [1.82, 2.24) is 20.2 Å². The Morgan fingerprint density at radius 2 is 1.79 bits per heavy atom. The van der Waals surface area contributed by atoms with Gasteiger partial charge in [0.2, 0.25) is 0 Å². The fourth-order valence-corrected chi connectivity index (χ4v) is 4.59. The molecule has 1 aliphatic carbocycles. The van der Waals surface area contributed by atoms with E-state index < -0.39 is 0 Å². The SMILES string of the molecule is COc1ccc(-c2ccccc2)cc1Nc1ncnc2n[nH]c(C3C=Cc4ccccc4C3)c12. The number of ether oxygens (including phenoxy) is 1. The first-order chi connectivity index (χ1) is 16.8. The molecule has 166 valence electrons. The summed E-state index contributed by atoms with van der Waals surface area (Å²) in [6.07, 6.45) is 6.84. The van der Waals surface area contributed by atoms with E-state index in [1.54, 1.807) is 7.11 Å². The Bertz CT molecular complexity index is 1510. The zero-order chi connectivity index (χ0) is 22.9. The Kier molecular flexibility index (Phi) is 5.03. The van der Waals surface area contributed by atoms with Crippen LogP contribution in [0.3, 0.4) is 0 Å². The highest BCUT2D eigenvalue weighted by Crippen LogP contribution is 2.37. The molecule has 2 heterocycles. The van der Waals surface area contributed by atoms with E-state index in [9.17, 15) is 0 Å². The van der Waals surface area contributed by atoms with Crippen LogP contribution in [0.15, 0.2) is 85.2 Å². The van der Waals surface area contributed by atoms with E-state index in [4.69, 9.17) is 4.74 Å². The monoisotopic (exact) mass is 445 g/mol. The number of aromatic amines is 1. The molecular formula is C28H23N5O. The summed E-state index contributed by atoms with van der Waals surface area (Å²) in [7, 11) is 1.67. The van der Waals surface area contributed by atoms with Gasteiger partial charge >= 0.3 is 0 Å². The number of benzene rings is 3. The highest BCUT2D eigenvalue weighted by Gasteiger charge is 2.23. The van der Waals surface area contributed by atoms with Gasteiger partial charge in [-0.1, -0.05) is 72.8 Å². The van der Waals surface area contributed by atoms with Crippen molar-refractivity contribution in [2.45, 2.75) is 12.3 Å². The lowest BCUT2D eigenvalue weighted by molar-refractivity contribution is 0.417. The molecule has 1 unspecified atom stereocenters. The standard InChI is InChI=1S/C28H23N5O/c1-34-24-14-13-21(18-7-3-2-4-8-18)16-23(24)31-27-25-26(32-33-28(25)30-17-29-27)22-12-11-19-9-5-6-10-20(19)15-22/h2-14,16-17,22H,15H2,1H3,(H2,29,30,31,32,33). The van der Waals surface area contributed by atoms with Crippen LogP contribution in [-0.4, -0.2) is 27.3 Å². The summed E-state index contributed by atoms with van der Waals surface area (Å²) in [6, 6.07) is 24.9. The maximum absolute atomic E-state index is 5.65. The molecule has 6 heteroatoms. The predicted molar refractivity (Wildman–Crippen MR) is 135 cm³/mol. The van der Waals surface area contributed by atoms with Gasteiger partial charge < -0.3 is 10.1 Å². The quantitative estimate of drug-likeness (QED) is 0.341. The van der Waals surface area contributed by atoms with E-state index in [0.717, 1.165) is 40.1 Å². The molecule has 0 aliphatic heterocycles. The van der Waals surface area contributed by atoms with Crippen LogP contribution in [0.2, 0.25) is 0 Å². The van der Waals surface area contributed by atoms with Crippen molar-refractivity contribution < 1.29 is 4.74 Å². The summed E-state index contributed by atoms with van der Waals surface area (Å²) in [5, 5.41) is 12.1. The number of nitrogens with zero attached hydrogens (tertiary/aromatic N) is 3. The number of rotatable bonds is 5. The molecule has 0 fully saturated rings. The topological polar surface area (TPSA) is 75.7 Å². The average Bonchev–Trinajstić information content (AvgIpc) is 3.34. The Morgan fingerprint density at radius 3 is 2.68 bits per heavy atom. The Hall–Kier alpha value is -4.45. The number of hydrogen-bond donors (Lipinski definition) is 2.